The Hall–Kier alpha value is -1.55. The van der Waals surface area contributed by atoms with Crippen LogP contribution in [-0.2, 0) is 4.79 Å². The summed E-state index contributed by atoms with van der Waals surface area (Å²) in [6.45, 7) is 4.65. The number of carbonyl (C=O) groups is 1. The second-order valence-electron chi connectivity index (χ2n) is 4.62. The fourth-order valence-electron chi connectivity index (χ4n) is 2.18. The number of rotatable bonds is 2. The van der Waals surface area contributed by atoms with Crippen LogP contribution in [0.2, 0.25) is 0 Å². The summed E-state index contributed by atoms with van der Waals surface area (Å²) < 4.78 is 0. The van der Waals surface area contributed by atoms with Crippen molar-refractivity contribution in [3.63, 3.8) is 0 Å². The van der Waals surface area contributed by atoms with E-state index in [9.17, 15) is 9.90 Å². The molecule has 0 spiro atoms. The number of aromatic hydroxyl groups is 1. The summed E-state index contributed by atoms with van der Waals surface area (Å²) >= 11 is 0. The molecule has 1 aliphatic rings. The SMILES string of the molecule is Cc1cc(C)c(O)c(NC(=O)[C@H]2CCCN2)c1. The fourth-order valence-corrected chi connectivity index (χ4v) is 2.18. The van der Waals surface area contributed by atoms with E-state index in [2.05, 4.69) is 10.6 Å². The van der Waals surface area contributed by atoms with E-state index in [1.807, 2.05) is 19.9 Å². The normalized spacial score (nSPS) is 19.3. The quantitative estimate of drug-likeness (QED) is 0.682. The van der Waals surface area contributed by atoms with Gasteiger partial charge in [-0.1, -0.05) is 6.07 Å². The highest BCUT2D eigenvalue weighted by Gasteiger charge is 2.22. The van der Waals surface area contributed by atoms with Crippen LogP contribution in [0.3, 0.4) is 0 Å². The summed E-state index contributed by atoms with van der Waals surface area (Å²) in [7, 11) is 0. The summed E-state index contributed by atoms with van der Waals surface area (Å²) in [4.78, 5) is 11.9. The third kappa shape index (κ3) is 2.58. The van der Waals surface area contributed by atoms with Crippen molar-refractivity contribution >= 4 is 11.6 Å². The predicted molar refractivity (Wildman–Crippen MR) is 67.2 cm³/mol. The third-order valence-electron chi connectivity index (χ3n) is 3.08. The molecule has 1 aliphatic heterocycles. The Morgan fingerprint density at radius 1 is 1.47 bits per heavy atom. The molecule has 0 unspecified atom stereocenters. The molecule has 0 aliphatic carbocycles. The Labute approximate surface area is 101 Å². The van der Waals surface area contributed by atoms with E-state index in [4.69, 9.17) is 0 Å². The van der Waals surface area contributed by atoms with Gasteiger partial charge in [-0.3, -0.25) is 4.79 Å². The summed E-state index contributed by atoms with van der Waals surface area (Å²) in [6.07, 6.45) is 1.88. The number of nitrogens with one attached hydrogen (secondary N) is 2. The average molecular weight is 234 g/mol. The van der Waals surface area contributed by atoms with Gasteiger partial charge in [0.05, 0.1) is 11.7 Å². The number of phenols is 1. The summed E-state index contributed by atoms with van der Waals surface area (Å²) in [5.41, 5.74) is 2.30. The predicted octanol–water partition coefficient (Wildman–Crippen LogP) is 1.70. The van der Waals surface area contributed by atoms with Gasteiger partial charge in [0, 0.05) is 0 Å². The first-order chi connectivity index (χ1) is 8.08. The van der Waals surface area contributed by atoms with Crippen LogP contribution in [0.5, 0.6) is 5.75 Å². The third-order valence-corrected chi connectivity index (χ3v) is 3.08. The Balaban J connectivity index is 2.15. The highest BCUT2D eigenvalue weighted by Crippen LogP contribution is 2.28. The minimum atomic E-state index is -0.129. The first-order valence-electron chi connectivity index (χ1n) is 5.92. The van der Waals surface area contributed by atoms with Gasteiger partial charge in [-0.2, -0.15) is 0 Å². The highest BCUT2D eigenvalue weighted by atomic mass is 16.3. The molecule has 0 bridgehead atoms. The molecule has 1 aromatic rings. The van der Waals surface area contributed by atoms with Crippen LogP contribution in [0.1, 0.15) is 24.0 Å². The van der Waals surface area contributed by atoms with E-state index >= 15 is 0 Å². The molecule has 92 valence electrons. The molecule has 2 rings (SSSR count). The lowest BCUT2D eigenvalue weighted by atomic mass is 10.1. The molecule has 4 heteroatoms. The standard InChI is InChI=1S/C13H18N2O2/c1-8-6-9(2)12(16)11(7-8)15-13(17)10-4-3-5-14-10/h6-7,10,14,16H,3-5H2,1-2H3,(H,15,17)/t10-/m1/s1. The molecule has 1 atom stereocenters. The number of hydrogen-bond donors (Lipinski definition) is 3. The molecule has 1 aromatic carbocycles. The van der Waals surface area contributed by atoms with Gasteiger partial charge in [-0.15, -0.1) is 0 Å². The molecule has 0 radical (unpaired) electrons. The number of phenolic OH excluding ortho intramolecular Hbond substituents is 1. The van der Waals surface area contributed by atoms with Gasteiger partial charge in [0.25, 0.3) is 0 Å². The van der Waals surface area contributed by atoms with Crippen LogP contribution in [0, 0.1) is 13.8 Å². The minimum absolute atomic E-state index is 0.0669. The first-order valence-corrected chi connectivity index (χ1v) is 5.92. The van der Waals surface area contributed by atoms with E-state index < -0.39 is 0 Å². The maximum atomic E-state index is 11.9. The Morgan fingerprint density at radius 2 is 2.24 bits per heavy atom. The second-order valence-corrected chi connectivity index (χ2v) is 4.62. The topological polar surface area (TPSA) is 61.4 Å². The second kappa shape index (κ2) is 4.75. The smallest absolute Gasteiger partial charge is 0.241 e. The zero-order chi connectivity index (χ0) is 12.4. The van der Waals surface area contributed by atoms with Gasteiger partial charge in [-0.25, -0.2) is 0 Å². The van der Waals surface area contributed by atoms with E-state index in [-0.39, 0.29) is 17.7 Å². The van der Waals surface area contributed by atoms with Gasteiger partial charge in [-0.05, 0) is 50.4 Å². The van der Waals surface area contributed by atoms with Gasteiger partial charge in [0.2, 0.25) is 5.91 Å². The zero-order valence-corrected chi connectivity index (χ0v) is 10.2. The maximum absolute atomic E-state index is 11.9. The Bertz CT molecular complexity index is 437. The molecule has 3 N–H and O–H groups in total. The van der Waals surface area contributed by atoms with E-state index in [1.54, 1.807) is 6.07 Å². The molecular weight excluding hydrogens is 216 g/mol. The number of benzene rings is 1. The van der Waals surface area contributed by atoms with Crippen molar-refractivity contribution in [3.8, 4) is 5.75 Å². The summed E-state index contributed by atoms with van der Waals surface area (Å²) in [5.74, 6) is 0.0877. The first kappa shape index (κ1) is 11.9. The Morgan fingerprint density at radius 3 is 2.88 bits per heavy atom. The lowest BCUT2D eigenvalue weighted by Crippen LogP contribution is -2.35. The highest BCUT2D eigenvalue weighted by molar-refractivity contribution is 5.96. The van der Waals surface area contributed by atoms with Crippen LogP contribution in [0.25, 0.3) is 0 Å². The summed E-state index contributed by atoms with van der Waals surface area (Å²) in [6, 6.07) is 3.55. The molecule has 17 heavy (non-hydrogen) atoms. The van der Waals surface area contributed by atoms with Crippen LogP contribution in [-0.4, -0.2) is 23.6 Å². The lowest BCUT2D eigenvalue weighted by molar-refractivity contribution is -0.117. The fraction of sp³-hybridized carbons (Fsp3) is 0.462. The van der Waals surface area contributed by atoms with Crippen LogP contribution >= 0.6 is 0 Å². The van der Waals surface area contributed by atoms with E-state index in [1.165, 1.54) is 0 Å². The van der Waals surface area contributed by atoms with Crippen molar-refractivity contribution in [2.75, 3.05) is 11.9 Å². The summed E-state index contributed by atoms with van der Waals surface area (Å²) in [5, 5.41) is 15.8. The van der Waals surface area contributed by atoms with Gasteiger partial charge in [0.15, 0.2) is 0 Å². The van der Waals surface area contributed by atoms with Gasteiger partial charge >= 0.3 is 0 Å². The number of aryl methyl sites for hydroxylation is 2. The molecular formula is C13H18N2O2. The average Bonchev–Trinajstić information content (AvgIpc) is 2.78. The number of carbonyl (C=O) groups excluding carboxylic acids is 1. The minimum Gasteiger partial charge on any atom is -0.505 e. The number of hydrogen-bond acceptors (Lipinski definition) is 3. The molecule has 1 heterocycles. The van der Waals surface area contributed by atoms with Crippen LogP contribution < -0.4 is 10.6 Å². The van der Waals surface area contributed by atoms with Gasteiger partial charge in [0.1, 0.15) is 5.75 Å². The van der Waals surface area contributed by atoms with E-state index in [0.717, 1.165) is 30.5 Å². The van der Waals surface area contributed by atoms with Crippen molar-refractivity contribution in [2.24, 2.45) is 0 Å². The van der Waals surface area contributed by atoms with Crippen LogP contribution in [0.4, 0.5) is 5.69 Å². The Kier molecular flexibility index (Phi) is 3.33. The van der Waals surface area contributed by atoms with Crippen molar-refractivity contribution in [2.45, 2.75) is 32.7 Å². The molecule has 0 saturated carbocycles. The number of amides is 1. The largest absolute Gasteiger partial charge is 0.505 e. The van der Waals surface area contributed by atoms with Crippen molar-refractivity contribution in [1.82, 2.24) is 5.32 Å². The molecule has 4 nitrogen and oxygen atoms in total. The van der Waals surface area contributed by atoms with Crippen LogP contribution in [0.15, 0.2) is 12.1 Å². The molecule has 1 amide bonds. The molecule has 1 saturated heterocycles. The van der Waals surface area contributed by atoms with Gasteiger partial charge < -0.3 is 15.7 Å². The molecule has 0 aromatic heterocycles. The molecule has 1 fully saturated rings. The van der Waals surface area contributed by atoms with Crippen molar-refractivity contribution in [1.29, 1.82) is 0 Å². The monoisotopic (exact) mass is 234 g/mol. The van der Waals surface area contributed by atoms with Crippen molar-refractivity contribution < 1.29 is 9.90 Å². The van der Waals surface area contributed by atoms with Crippen molar-refractivity contribution in [3.05, 3.63) is 23.3 Å². The van der Waals surface area contributed by atoms with E-state index in [0.29, 0.717) is 5.69 Å². The lowest BCUT2D eigenvalue weighted by Gasteiger charge is -2.14. The maximum Gasteiger partial charge on any atom is 0.241 e. The number of anilines is 1. The zero-order valence-electron chi connectivity index (χ0n) is 10.2.